The van der Waals surface area contributed by atoms with Crippen LogP contribution in [0.1, 0.15) is 29.6 Å². The first-order valence-electron chi connectivity index (χ1n) is 7.39. The van der Waals surface area contributed by atoms with Crippen molar-refractivity contribution >= 4 is 17.3 Å². The molecule has 1 aromatic heterocycles. The van der Waals surface area contributed by atoms with E-state index in [0.29, 0.717) is 0 Å². The summed E-state index contributed by atoms with van der Waals surface area (Å²) in [6.45, 7) is 1.77. The number of hydrogen-bond donors (Lipinski definition) is 1. The molecule has 4 heteroatoms. The van der Waals surface area contributed by atoms with Gasteiger partial charge < -0.3 is 10.2 Å². The molecule has 1 fully saturated rings. The van der Waals surface area contributed by atoms with Gasteiger partial charge in [-0.1, -0.05) is 0 Å². The SMILES string of the molecule is O=C(c1ccc(Nc2ccncc2)cc1)N1CCCCC1. The molecule has 1 aliphatic rings. The highest BCUT2D eigenvalue weighted by Crippen LogP contribution is 2.18. The maximum absolute atomic E-state index is 12.4. The number of benzene rings is 1. The highest BCUT2D eigenvalue weighted by molar-refractivity contribution is 5.94. The predicted octanol–water partition coefficient (Wildman–Crippen LogP) is 3.45. The van der Waals surface area contributed by atoms with Crippen LogP contribution in [-0.4, -0.2) is 28.9 Å². The Morgan fingerprint density at radius 1 is 0.905 bits per heavy atom. The number of anilines is 2. The summed E-state index contributed by atoms with van der Waals surface area (Å²) in [6, 6.07) is 11.5. The molecule has 0 saturated carbocycles. The fraction of sp³-hybridized carbons (Fsp3) is 0.294. The lowest BCUT2D eigenvalue weighted by molar-refractivity contribution is 0.0724. The monoisotopic (exact) mass is 281 g/mol. The Morgan fingerprint density at radius 3 is 2.19 bits per heavy atom. The van der Waals surface area contributed by atoms with Crippen LogP contribution < -0.4 is 5.32 Å². The smallest absolute Gasteiger partial charge is 0.253 e. The van der Waals surface area contributed by atoms with E-state index < -0.39 is 0 Å². The number of carbonyl (C=O) groups is 1. The topological polar surface area (TPSA) is 45.2 Å². The maximum Gasteiger partial charge on any atom is 0.253 e. The Bertz CT molecular complexity index is 589. The first-order valence-corrected chi connectivity index (χ1v) is 7.39. The van der Waals surface area contributed by atoms with Gasteiger partial charge in [0.2, 0.25) is 0 Å². The van der Waals surface area contributed by atoms with Gasteiger partial charge in [-0.15, -0.1) is 0 Å². The molecule has 1 saturated heterocycles. The molecule has 0 unspecified atom stereocenters. The molecule has 0 atom stereocenters. The molecular formula is C17H19N3O. The van der Waals surface area contributed by atoms with Gasteiger partial charge in [0.15, 0.2) is 0 Å². The van der Waals surface area contributed by atoms with Gasteiger partial charge in [0, 0.05) is 42.4 Å². The number of pyridine rings is 1. The highest BCUT2D eigenvalue weighted by Gasteiger charge is 2.17. The number of nitrogens with one attached hydrogen (secondary N) is 1. The van der Waals surface area contributed by atoms with Gasteiger partial charge in [0.25, 0.3) is 5.91 Å². The molecule has 1 N–H and O–H groups in total. The minimum absolute atomic E-state index is 0.144. The van der Waals surface area contributed by atoms with Crippen molar-refractivity contribution in [1.29, 1.82) is 0 Å². The third kappa shape index (κ3) is 3.40. The van der Waals surface area contributed by atoms with Crippen LogP contribution in [0, 0.1) is 0 Å². The second-order valence-corrected chi connectivity index (χ2v) is 5.29. The van der Waals surface area contributed by atoms with Gasteiger partial charge in [-0.2, -0.15) is 0 Å². The molecule has 0 spiro atoms. The highest BCUT2D eigenvalue weighted by atomic mass is 16.2. The summed E-state index contributed by atoms with van der Waals surface area (Å²) in [5.74, 6) is 0.144. The van der Waals surface area contributed by atoms with Crippen molar-refractivity contribution in [2.75, 3.05) is 18.4 Å². The second kappa shape index (κ2) is 6.39. The molecule has 1 amide bonds. The lowest BCUT2D eigenvalue weighted by atomic mass is 10.1. The van der Waals surface area contributed by atoms with E-state index in [1.165, 1.54) is 6.42 Å². The van der Waals surface area contributed by atoms with Crippen molar-refractivity contribution in [2.45, 2.75) is 19.3 Å². The van der Waals surface area contributed by atoms with E-state index in [2.05, 4.69) is 10.3 Å². The van der Waals surface area contributed by atoms with Crippen LogP contribution in [0.5, 0.6) is 0 Å². The molecule has 3 rings (SSSR count). The van der Waals surface area contributed by atoms with E-state index in [1.807, 2.05) is 41.3 Å². The lowest BCUT2D eigenvalue weighted by Crippen LogP contribution is -2.35. The van der Waals surface area contributed by atoms with Crippen molar-refractivity contribution < 1.29 is 4.79 Å². The molecule has 1 aliphatic heterocycles. The number of piperidine rings is 1. The normalized spacial score (nSPS) is 14.8. The number of likely N-dealkylation sites (tertiary alicyclic amines) is 1. The maximum atomic E-state index is 12.4. The Balaban J connectivity index is 1.67. The van der Waals surface area contributed by atoms with Crippen LogP contribution in [0.3, 0.4) is 0 Å². The van der Waals surface area contributed by atoms with Gasteiger partial charge in [-0.25, -0.2) is 0 Å². The van der Waals surface area contributed by atoms with Crippen molar-refractivity contribution in [2.24, 2.45) is 0 Å². The Kier molecular flexibility index (Phi) is 4.15. The minimum Gasteiger partial charge on any atom is -0.355 e. The fourth-order valence-corrected chi connectivity index (χ4v) is 2.58. The zero-order chi connectivity index (χ0) is 14.5. The Labute approximate surface area is 124 Å². The van der Waals surface area contributed by atoms with E-state index in [1.54, 1.807) is 12.4 Å². The van der Waals surface area contributed by atoms with E-state index in [-0.39, 0.29) is 5.91 Å². The number of amides is 1. The van der Waals surface area contributed by atoms with Crippen LogP contribution >= 0.6 is 0 Å². The molecule has 4 nitrogen and oxygen atoms in total. The molecule has 108 valence electrons. The van der Waals surface area contributed by atoms with Gasteiger partial charge >= 0.3 is 0 Å². The van der Waals surface area contributed by atoms with Gasteiger partial charge in [0.05, 0.1) is 0 Å². The standard InChI is InChI=1S/C17H19N3O/c21-17(20-12-2-1-3-13-20)14-4-6-15(7-5-14)19-16-8-10-18-11-9-16/h4-11H,1-3,12-13H2,(H,18,19). The van der Waals surface area contributed by atoms with Crippen molar-refractivity contribution in [3.05, 3.63) is 54.4 Å². The largest absolute Gasteiger partial charge is 0.355 e. The zero-order valence-electron chi connectivity index (χ0n) is 12.0. The van der Waals surface area contributed by atoms with Crippen LogP contribution in [-0.2, 0) is 0 Å². The lowest BCUT2D eigenvalue weighted by Gasteiger charge is -2.26. The summed E-state index contributed by atoms with van der Waals surface area (Å²) in [4.78, 5) is 18.3. The molecule has 0 radical (unpaired) electrons. The zero-order valence-corrected chi connectivity index (χ0v) is 12.0. The fourth-order valence-electron chi connectivity index (χ4n) is 2.58. The van der Waals surface area contributed by atoms with Crippen molar-refractivity contribution in [3.63, 3.8) is 0 Å². The molecule has 2 heterocycles. The van der Waals surface area contributed by atoms with Gasteiger partial charge in [0.1, 0.15) is 0 Å². The van der Waals surface area contributed by atoms with E-state index in [4.69, 9.17) is 0 Å². The summed E-state index contributed by atoms with van der Waals surface area (Å²) in [5, 5.41) is 3.28. The average molecular weight is 281 g/mol. The Hall–Kier alpha value is -2.36. The third-order valence-electron chi connectivity index (χ3n) is 3.74. The van der Waals surface area contributed by atoms with E-state index in [0.717, 1.165) is 42.9 Å². The van der Waals surface area contributed by atoms with Crippen LogP contribution in [0.25, 0.3) is 0 Å². The number of aromatic nitrogens is 1. The van der Waals surface area contributed by atoms with Gasteiger partial charge in [-0.3, -0.25) is 9.78 Å². The summed E-state index contributed by atoms with van der Waals surface area (Å²) in [7, 11) is 0. The van der Waals surface area contributed by atoms with Crippen LogP contribution in [0.15, 0.2) is 48.8 Å². The summed E-state index contributed by atoms with van der Waals surface area (Å²) >= 11 is 0. The van der Waals surface area contributed by atoms with Crippen LogP contribution in [0.2, 0.25) is 0 Å². The second-order valence-electron chi connectivity index (χ2n) is 5.29. The molecule has 0 bridgehead atoms. The van der Waals surface area contributed by atoms with Crippen molar-refractivity contribution in [3.8, 4) is 0 Å². The van der Waals surface area contributed by atoms with Gasteiger partial charge in [-0.05, 0) is 55.7 Å². The Morgan fingerprint density at radius 2 is 1.52 bits per heavy atom. The average Bonchev–Trinajstić information content (AvgIpc) is 2.57. The summed E-state index contributed by atoms with van der Waals surface area (Å²) in [5.41, 5.74) is 2.72. The van der Waals surface area contributed by atoms with E-state index >= 15 is 0 Å². The number of rotatable bonds is 3. The molecule has 0 aliphatic carbocycles. The summed E-state index contributed by atoms with van der Waals surface area (Å²) in [6.07, 6.45) is 6.96. The first-order chi connectivity index (χ1) is 10.3. The van der Waals surface area contributed by atoms with Crippen LogP contribution in [0.4, 0.5) is 11.4 Å². The van der Waals surface area contributed by atoms with E-state index in [9.17, 15) is 4.79 Å². The van der Waals surface area contributed by atoms with Crippen molar-refractivity contribution in [1.82, 2.24) is 9.88 Å². The molecule has 2 aromatic rings. The number of carbonyl (C=O) groups excluding carboxylic acids is 1. The first kappa shape index (κ1) is 13.6. The number of hydrogen-bond acceptors (Lipinski definition) is 3. The molecular weight excluding hydrogens is 262 g/mol. The number of nitrogens with zero attached hydrogens (tertiary/aromatic N) is 2. The predicted molar refractivity (Wildman–Crippen MR) is 83.7 cm³/mol. The third-order valence-corrected chi connectivity index (χ3v) is 3.74. The molecule has 1 aromatic carbocycles. The quantitative estimate of drug-likeness (QED) is 0.937. The molecule has 21 heavy (non-hydrogen) atoms. The minimum atomic E-state index is 0.144. The summed E-state index contributed by atoms with van der Waals surface area (Å²) < 4.78 is 0.